The molecule has 1 aliphatic heterocycles. The highest BCUT2D eigenvalue weighted by Crippen LogP contribution is 2.26. The molecule has 1 aromatic rings. The van der Waals surface area contributed by atoms with Crippen LogP contribution in [0.1, 0.15) is 36.0 Å². The van der Waals surface area contributed by atoms with Gasteiger partial charge in [0, 0.05) is 22.6 Å². The summed E-state index contributed by atoms with van der Waals surface area (Å²) in [5.41, 5.74) is 6.29. The molecule has 1 heterocycles. The van der Waals surface area contributed by atoms with Crippen LogP contribution in [-0.4, -0.2) is 29.9 Å². The quantitative estimate of drug-likeness (QED) is 0.863. The molecule has 0 bridgehead atoms. The molecular formula is C14H19BrCl2N2O. The van der Waals surface area contributed by atoms with Gasteiger partial charge < -0.3 is 10.6 Å². The van der Waals surface area contributed by atoms with Crippen molar-refractivity contribution >= 4 is 45.8 Å². The Balaban J connectivity index is 0.00000200. The molecule has 1 aliphatic rings. The molecule has 1 unspecified atom stereocenters. The third kappa shape index (κ3) is 4.10. The maximum absolute atomic E-state index is 12.6. The van der Waals surface area contributed by atoms with Gasteiger partial charge in [0.15, 0.2) is 0 Å². The van der Waals surface area contributed by atoms with Gasteiger partial charge >= 0.3 is 0 Å². The number of nitrogens with two attached hydrogens (primary N) is 1. The molecule has 3 nitrogen and oxygen atoms in total. The van der Waals surface area contributed by atoms with Crippen molar-refractivity contribution in [1.82, 2.24) is 4.90 Å². The van der Waals surface area contributed by atoms with E-state index in [1.54, 1.807) is 6.07 Å². The Bertz CT molecular complexity index is 468. The van der Waals surface area contributed by atoms with Gasteiger partial charge in [-0.25, -0.2) is 0 Å². The fraction of sp³-hybridized carbons (Fsp3) is 0.500. The van der Waals surface area contributed by atoms with Gasteiger partial charge in [-0.05, 0) is 66.4 Å². The zero-order valence-corrected chi connectivity index (χ0v) is 14.3. The number of hydrogen-bond donors (Lipinski definition) is 1. The molecule has 0 aliphatic carbocycles. The number of likely N-dealkylation sites (tertiary alicyclic amines) is 1. The Morgan fingerprint density at radius 1 is 1.45 bits per heavy atom. The van der Waals surface area contributed by atoms with Crippen LogP contribution in [0.4, 0.5) is 0 Å². The van der Waals surface area contributed by atoms with E-state index < -0.39 is 0 Å². The van der Waals surface area contributed by atoms with E-state index in [0.717, 1.165) is 30.3 Å². The van der Waals surface area contributed by atoms with Gasteiger partial charge in [-0.3, -0.25) is 4.79 Å². The zero-order valence-electron chi connectivity index (χ0n) is 11.1. The Morgan fingerprint density at radius 3 is 2.85 bits per heavy atom. The van der Waals surface area contributed by atoms with Crippen molar-refractivity contribution in [2.75, 3.05) is 13.1 Å². The Morgan fingerprint density at radius 2 is 2.20 bits per heavy atom. The number of piperidine rings is 1. The van der Waals surface area contributed by atoms with Crippen molar-refractivity contribution in [3.8, 4) is 0 Å². The van der Waals surface area contributed by atoms with Crippen LogP contribution in [0.2, 0.25) is 5.02 Å². The fourth-order valence-corrected chi connectivity index (χ4v) is 2.98. The Kier molecular flexibility index (Phi) is 7.30. The number of nitrogens with zero attached hydrogens (tertiary/aromatic N) is 1. The zero-order chi connectivity index (χ0) is 13.8. The first-order chi connectivity index (χ1) is 9.13. The van der Waals surface area contributed by atoms with Crippen molar-refractivity contribution in [2.45, 2.75) is 31.7 Å². The van der Waals surface area contributed by atoms with Crippen LogP contribution in [0.3, 0.4) is 0 Å². The predicted octanol–water partition coefficient (Wildman–Crippen LogP) is 3.87. The lowest BCUT2D eigenvalue weighted by atomic mass is 9.98. The lowest BCUT2D eigenvalue weighted by Gasteiger charge is -2.35. The van der Waals surface area contributed by atoms with Crippen molar-refractivity contribution in [3.05, 3.63) is 33.3 Å². The number of carbonyl (C=O) groups excluding carboxylic acids is 1. The number of amides is 1. The van der Waals surface area contributed by atoms with Gasteiger partial charge in [-0.15, -0.1) is 12.4 Å². The lowest BCUT2D eigenvalue weighted by Crippen LogP contribution is -2.44. The molecular weight excluding hydrogens is 363 g/mol. The molecule has 0 spiro atoms. The number of halogens is 3. The number of hydrogen-bond acceptors (Lipinski definition) is 2. The third-order valence-electron chi connectivity index (χ3n) is 3.55. The van der Waals surface area contributed by atoms with E-state index in [4.69, 9.17) is 17.3 Å². The molecule has 6 heteroatoms. The molecule has 1 amide bonds. The Labute approximate surface area is 139 Å². The van der Waals surface area contributed by atoms with E-state index in [2.05, 4.69) is 15.9 Å². The summed E-state index contributed by atoms with van der Waals surface area (Å²) < 4.78 is 0.808. The molecule has 1 aromatic carbocycles. The lowest BCUT2D eigenvalue weighted by molar-refractivity contribution is 0.0605. The van der Waals surface area contributed by atoms with Crippen LogP contribution in [0, 0.1) is 0 Å². The van der Waals surface area contributed by atoms with Crippen LogP contribution in [0.15, 0.2) is 22.7 Å². The summed E-state index contributed by atoms with van der Waals surface area (Å²) in [4.78, 5) is 14.5. The second-order valence-corrected chi connectivity index (χ2v) is 6.12. The summed E-state index contributed by atoms with van der Waals surface area (Å²) in [6.45, 7) is 1.44. The summed E-state index contributed by atoms with van der Waals surface area (Å²) >= 11 is 9.39. The number of carbonyl (C=O) groups is 1. The van der Waals surface area contributed by atoms with Gasteiger partial charge in [0.25, 0.3) is 5.91 Å². The van der Waals surface area contributed by atoms with Crippen molar-refractivity contribution in [3.63, 3.8) is 0 Å². The summed E-state index contributed by atoms with van der Waals surface area (Å²) in [6, 6.07) is 5.63. The van der Waals surface area contributed by atoms with Crippen molar-refractivity contribution in [1.29, 1.82) is 0 Å². The number of rotatable bonds is 3. The van der Waals surface area contributed by atoms with Gasteiger partial charge in [-0.1, -0.05) is 11.6 Å². The van der Waals surface area contributed by atoms with Gasteiger partial charge in [-0.2, -0.15) is 0 Å². The normalized spacial score (nSPS) is 18.6. The maximum Gasteiger partial charge on any atom is 0.254 e. The monoisotopic (exact) mass is 380 g/mol. The van der Waals surface area contributed by atoms with E-state index in [9.17, 15) is 4.79 Å². The second-order valence-electron chi connectivity index (χ2n) is 4.85. The molecule has 1 fully saturated rings. The Hall–Kier alpha value is -0.290. The van der Waals surface area contributed by atoms with E-state index in [1.165, 1.54) is 6.42 Å². The van der Waals surface area contributed by atoms with Crippen molar-refractivity contribution < 1.29 is 4.79 Å². The first-order valence-corrected chi connectivity index (χ1v) is 7.76. The van der Waals surface area contributed by atoms with Crippen molar-refractivity contribution in [2.24, 2.45) is 5.73 Å². The molecule has 1 saturated heterocycles. The average Bonchev–Trinajstić information content (AvgIpc) is 2.42. The predicted molar refractivity (Wildman–Crippen MR) is 88.7 cm³/mol. The SMILES string of the molecule is Cl.NCCC1CCCCN1C(=O)c1ccc(Br)c(Cl)c1. The summed E-state index contributed by atoms with van der Waals surface area (Å²) in [5.74, 6) is 0.0625. The summed E-state index contributed by atoms with van der Waals surface area (Å²) in [7, 11) is 0. The third-order valence-corrected chi connectivity index (χ3v) is 4.79. The molecule has 2 rings (SSSR count). The van der Waals surface area contributed by atoms with E-state index in [0.29, 0.717) is 17.1 Å². The summed E-state index contributed by atoms with van der Waals surface area (Å²) in [6.07, 6.45) is 4.16. The van der Waals surface area contributed by atoms with Crippen LogP contribution in [0.5, 0.6) is 0 Å². The van der Waals surface area contributed by atoms with Crippen LogP contribution in [0.25, 0.3) is 0 Å². The highest BCUT2D eigenvalue weighted by atomic mass is 79.9. The highest BCUT2D eigenvalue weighted by Gasteiger charge is 2.26. The van der Waals surface area contributed by atoms with E-state index in [1.807, 2.05) is 17.0 Å². The average molecular weight is 382 g/mol. The highest BCUT2D eigenvalue weighted by molar-refractivity contribution is 9.10. The molecule has 0 saturated carbocycles. The standard InChI is InChI=1S/C14H18BrClN2O.ClH/c15-12-5-4-10(9-13(12)16)14(19)18-8-2-1-3-11(18)6-7-17;/h4-5,9,11H,1-3,6-8,17H2;1H. The summed E-state index contributed by atoms with van der Waals surface area (Å²) in [5, 5.41) is 0.568. The van der Waals surface area contributed by atoms with Crippen LogP contribution in [-0.2, 0) is 0 Å². The maximum atomic E-state index is 12.6. The fourth-order valence-electron chi connectivity index (χ4n) is 2.56. The van der Waals surface area contributed by atoms with E-state index >= 15 is 0 Å². The van der Waals surface area contributed by atoms with Crippen LogP contribution >= 0.6 is 39.9 Å². The minimum absolute atomic E-state index is 0. The first-order valence-electron chi connectivity index (χ1n) is 6.59. The molecule has 0 aromatic heterocycles. The first kappa shape index (κ1) is 17.8. The second kappa shape index (κ2) is 8.23. The van der Waals surface area contributed by atoms with Gasteiger partial charge in [0.2, 0.25) is 0 Å². The van der Waals surface area contributed by atoms with Gasteiger partial charge in [0.05, 0.1) is 5.02 Å². The molecule has 1 atom stereocenters. The topological polar surface area (TPSA) is 46.3 Å². The minimum Gasteiger partial charge on any atom is -0.336 e. The molecule has 112 valence electrons. The number of benzene rings is 1. The molecule has 2 N–H and O–H groups in total. The largest absolute Gasteiger partial charge is 0.336 e. The van der Waals surface area contributed by atoms with Crippen LogP contribution < -0.4 is 5.73 Å². The smallest absolute Gasteiger partial charge is 0.254 e. The minimum atomic E-state index is 0. The molecule has 0 radical (unpaired) electrons. The van der Waals surface area contributed by atoms with E-state index in [-0.39, 0.29) is 24.4 Å². The van der Waals surface area contributed by atoms with Gasteiger partial charge in [0.1, 0.15) is 0 Å². The molecule has 20 heavy (non-hydrogen) atoms.